The average Bonchev–Trinajstić information content (AvgIpc) is 2.71. The molecule has 1 heterocycles. The molecular weight excluding hydrogens is 347 g/mol. The van der Waals surface area contributed by atoms with Gasteiger partial charge in [-0.25, -0.2) is 0 Å². The minimum atomic E-state index is 0. The van der Waals surface area contributed by atoms with Crippen LogP contribution in [0.5, 0.6) is 11.5 Å². The summed E-state index contributed by atoms with van der Waals surface area (Å²) in [7, 11) is 0. The van der Waals surface area contributed by atoms with Crippen molar-refractivity contribution in [1.29, 1.82) is 0 Å². The van der Waals surface area contributed by atoms with Gasteiger partial charge in [0.15, 0.2) is 11.5 Å². The summed E-state index contributed by atoms with van der Waals surface area (Å²) in [6.07, 6.45) is 2.76. The Kier molecular flexibility index (Phi) is 8.65. The minimum absolute atomic E-state index is 0. The predicted octanol–water partition coefficient (Wildman–Crippen LogP) is 3.37. The number of piperidine rings is 1. The summed E-state index contributed by atoms with van der Waals surface area (Å²) in [5.41, 5.74) is 6.26. The van der Waals surface area contributed by atoms with E-state index in [2.05, 4.69) is 4.90 Å². The number of nitrogens with two attached hydrogens (primary N) is 1. The maximum absolute atomic E-state index is 6.26. The van der Waals surface area contributed by atoms with Crippen molar-refractivity contribution in [3.8, 4) is 11.5 Å². The molecule has 0 aromatic heterocycles. The third-order valence-electron chi connectivity index (χ3n) is 4.86. The Morgan fingerprint density at radius 2 is 1.67 bits per heavy atom. The molecule has 1 aromatic rings. The van der Waals surface area contributed by atoms with Gasteiger partial charge in [-0.15, -0.1) is 24.8 Å². The van der Waals surface area contributed by atoms with E-state index in [4.69, 9.17) is 15.2 Å². The van der Waals surface area contributed by atoms with Crippen LogP contribution in [0.3, 0.4) is 0 Å². The maximum atomic E-state index is 6.26. The number of rotatable bonds is 6. The van der Waals surface area contributed by atoms with Gasteiger partial charge in [0.25, 0.3) is 0 Å². The molecule has 1 unspecified atom stereocenters. The van der Waals surface area contributed by atoms with Crippen LogP contribution in [0.1, 0.15) is 26.7 Å². The standard InChI is InChI=1S/C18H28N2O2.2ClH/c1-13(2)22-17-6-4-3-5-16(17)21-10-9-20-11-14-7-8-15(12-20)18(14)19;;/h3-6,13-15,18H,7-12,19H2,1-2H3;2*1H/t14-,15+,18?;;. The maximum Gasteiger partial charge on any atom is 0.161 e. The van der Waals surface area contributed by atoms with Crippen molar-refractivity contribution < 1.29 is 9.47 Å². The third kappa shape index (κ3) is 5.16. The van der Waals surface area contributed by atoms with E-state index in [1.165, 1.54) is 12.8 Å². The van der Waals surface area contributed by atoms with E-state index in [0.717, 1.165) is 31.1 Å². The quantitative estimate of drug-likeness (QED) is 0.826. The minimum Gasteiger partial charge on any atom is -0.488 e. The Morgan fingerprint density at radius 3 is 2.25 bits per heavy atom. The molecule has 2 fully saturated rings. The molecule has 2 bridgehead atoms. The van der Waals surface area contributed by atoms with E-state index >= 15 is 0 Å². The van der Waals surface area contributed by atoms with Crippen LogP contribution in [0.4, 0.5) is 0 Å². The highest BCUT2D eigenvalue weighted by molar-refractivity contribution is 5.85. The number of nitrogens with zero attached hydrogens (tertiary/aromatic N) is 1. The van der Waals surface area contributed by atoms with Crippen molar-refractivity contribution in [2.24, 2.45) is 17.6 Å². The molecule has 1 aromatic carbocycles. The first-order chi connectivity index (χ1) is 10.6. The summed E-state index contributed by atoms with van der Waals surface area (Å²) < 4.78 is 11.8. The highest BCUT2D eigenvalue weighted by Gasteiger charge is 2.39. The highest BCUT2D eigenvalue weighted by Crippen LogP contribution is 2.35. The summed E-state index contributed by atoms with van der Waals surface area (Å²) >= 11 is 0. The fraction of sp³-hybridized carbons (Fsp3) is 0.667. The van der Waals surface area contributed by atoms with Crippen LogP contribution in [0.15, 0.2) is 24.3 Å². The second-order valence-electron chi connectivity index (χ2n) is 6.90. The molecule has 0 spiro atoms. The Morgan fingerprint density at radius 1 is 1.08 bits per heavy atom. The van der Waals surface area contributed by atoms with Crippen molar-refractivity contribution >= 4 is 24.8 Å². The van der Waals surface area contributed by atoms with Crippen LogP contribution >= 0.6 is 24.8 Å². The molecule has 1 saturated heterocycles. The molecule has 0 radical (unpaired) electrons. The Hall–Kier alpha value is -0.680. The summed E-state index contributed by atoms with van der Waals surface area (Å²) in [5.74, 6) is 3.05. The highest BCUT2D eigenvalue weighted by atomic mass is 35.5. The fourth-order valence-corrected chi connectivity index (χ4v) is 3.75. The number of benzene rings is 1. The largest absolute Gasteiger partial charge is 0.488 e. The molecule has 138 valence electrons. The number of para-hydroxylation sites is 2. The van der Waals surface area contributed by atoms with Gasteiger partial charge in [0.1, 0.15) is 6.61 Å². The SMILES string of the molecule is CC(C)Oc1ccccc1OCCN1C[C@H]2CC[C@@H](C1)C2N.Cl.Cl. The van der Waals surface area contributed by atoms with Gasteiger partial charge in [0.05, 0.1) is 6.10 Å². The molecule has 24 heavy (non-hydrogen) atoms. The van der Waals surface area contributed by atoms with E-state index in [1.807, 2.05) is 38.1 Å². The van der Waals surface area contributed by atoms with Crippen molar-refractivity contribution in [1.82, 2.24) is 4.90 Å². The van der Waals surface area contributed by atoms with Crippen molar-refractivity contribution in [2.45, 2.75) is 38.8 Å². The molecule has 3 atom stereocenters. The normalized spacial score (nSPS) is 25.8. The average molecular weight is 377 g/mol. The van der Waals surface area contributed by atoms with Gasteiger partial charge in [-0.05, 0) is 50.7 Å². The van der Waals surface area contributed by atoms with E-state index in [1.54, 1.807) is 0 Å². The van der Waals surface area contributed by atoms with E-state index in [-0.39, 0.29) is 30.9 Å². The number of fused-ring (bicyclic) bond motifs is 2. The molecule has 3 rings (SSSR count). The van der Waals surface area contributed by atoms with Crippen LogP contribution in [0.25, 0.3) is 0 Å². The molecule has 2 N–H and O–H groups in total. The zero-order valence-corrected chi connectivity index (χ0v) is 16.2. The van der Waals surface area contributed by atoms with Gasteiger partial charge in [-0.2, -0.15) is 0 Å². The topological polar surface area (TPSA) is 47.7 Å². The lowest BCUT2D eigenvalue weighted by Gasteiger charge is -2.36. The number of ether oxygens (including phenoxy) is 2. The van der Waals surface area contributed by atoms with Gasteiger partial charge >= 0.3 is 0 Å². The smallest absolute Gasteiger partial charge is 0.161 e. The summed E-state index contributed by atoms with van der Waals surface area (Å²) in [4.78, 5) is 2.51. The van der Waals surface area contributed by atoms with Gasteiger partial charge in [0.2, 0.25) is 0 Å². The van der Waals surface area contributed by atoms with Gasteiger partial charge in [-0.3, -0.25) is 4.90 Å². The lowest BCUT2D eigenvalue weighted by Crippen LogP contribution is -2.49. The van der Waals surface area contributed by atoms with Crippen LogP contribution in [-0.4, -0.2) is 43.3 Å². The van der Waals surface area contributed by atoms with E-state index < -0.39 is 0 Å². The van der Waals surface area contributed by atoms with Crippen molar-refractivity contribution in [3.63, 3.8) is 0 Å². The second kappa shape index (κ2) is 9.71. The van der Waals surface area contributed by atoms with Crippen molar-refractivity contribution in [2.75, 3.05) is 26.2 Å². The summed E-state index contributed by atoms with van der Waals surface area (Å²) in [5, 5.41) is 0. The van der Waals surface area contributed by atoms with Gasteiger partial charge in [-0.1, -0.05) is 12.1 Å². The molecule has 0 amide bonds. The molecule has 4 nitrogen and oxygen atoms in total. The summed E-state index contributed by atoms with van der Waals surface area (Å²) in [6, 6.07) is 8.34. The molecule has 1 saturated carbocycles. The van der Waals surface area contributed by atoms with E-state index in [9.17, 15) is 0 Å². The number of halogens is 2. The zero-order valence-electron chi connectivity index (χ0n) is 14.5. The first-order valence-corrected chi connectivity index (χ1v) is 8.50. The molecule has 1 aliphatic carbocycles. The Balaban J connectivity index is 0.00000144. The Bertz CT molecular complexity index is 488. The summed E-state index contributed by atoms with van der Waals surface area (Å²) in [6.45, 7) is 7.99. The van der Waals surface area contributed by atoms with Crippen LogP contribution in [0, 0.1) is 11.8 Å². The molecule has 1 aliphatic heterocycles. The second-order valence-corrected chi connectivity index (χ2v) is 6.90. The first kappa shape index (κ1) is 21.4. The molecule has 2 aliphatic rings. The monoisotopic (exact) mass is 376 g/mol. The van der Waals surface area contributed by atoms with Crippen LogP contribution in [-0.2, 0) is 0 Å². The third-order valence-corrected chi connectivity index (χ3v) is 4.86. The van der Waals surface area contributed by atoms with Crippen molar-refractivity contribution in [3.05, 3.63) is 24.3 Å². The number of hydrogen-bond donors (Lipinski definition) is 1. The van der Waals surface area contributed by atoms with Crippen LogP contribution < -0.4 is 15.2 Å². The van der Waals surface area contributed by atoms with Crippen LogP contribution in [0.2, 0.25) is 0 Å². The van der Waals surface area contributed by atoms with E-state index in [0.29, 0.717) is 24.5 Å². The lowest BCUT2D eigenvalue weighted by molar-refractivity contribution is 0.124. The fourth-order valence-electron chi connectivity index (χ4n) is 3.75. The molecule has 6 heteroatoms. The Labute approximate surface area is 157 Å². The lowest BCUT2D eigenvalue weighted by atomic mass is 9.93. The first-order valence-electron chi connectivity index (χ1n) is 8.50. The number of hydrogen-bond acceptors (Lipinski definition) is 4. The van der Waals surface area contributed by atoms with Gasteiger partial charge in [0, 0.05) is 25.7 Å². The predicted molar refractivity (Wildman–Crippen MR) is 103 cm³/mol. The number of likely N-dealkylation sites (tertiary alicyclic amines) is 1. The zero-order chi connectivity index (χ0) is 15.5. The molecular formula is C18H30Cl2N2O2. The van der Waals surface area contributed by atoms with Gasteiger partial charge < -0.3 is 15.2 Å².